The Balaban J connectivity index is 1.43. The number of rotatable bonds is 20. The standard InChI is InChI=1S/C39H46NO10P/c1-30(41)49-38-37(45-26-32-17-8-3-9-18-32)36(44-25-31-15-6-2-7-16-31)35(50-39(38)43-24-14-23-40)29-48-51(42,46-27-33-19-10-4-11-20-33)47-28-34-21-12-5-13-22-34/h2-13,15-22,35-39H,14,23-29,40H2,1H3/t35-,36-,37+,38+,39+/m1/s1. The zero-order valence-electron chi connectivity index (χ0n) is 28.7. The lowest BCUT2D eigenvalue weighted by atomic mass is 9.98. The fourth-order valence-corrected chi connectivity index (χ4v) is 6.57. The first-order chi connectivity index (χ1) is 24.9. The molecule has 1 fully saturated rings. The minimum Gasteiger partial charge on any atom is -0.454 e. The van der Waals surface area contributed by atoms with E-state index >= 15 is 0 Å². The van der Waals surface area contributed by atoms with Gasteiger partial charge in [0.15, 0.2) is 12.4 Å². The number of phosphoric acid groups is 1. The quantitative estimate of drug-likeness (QED) is 0.0592. The van der Waals surface area contributed by atoms with E-state index < -0.39 is 44.5 Å². The highest BCUT2D eigenvalue weighted by atomic mass is 31.2. The Bertz CT molecular complexity index is 1570. The lowest BCUT2D eigenvalue weighted by Gasteiger charge is -2.45. The molecular formula is C39H46NO10P. The summed E-state index contributed by atoms with van der Waals surface area (Å²) < 4.78 is 63.5. The summed E-state index contributed by atoms with van der Waals surface area (Å²) in [6.07, 6.45) is -4.27. The Labute approximate surface area is 299 Å². The maximum Gasteiger partial charge on any atom is 0.475 e. The Hall–Kier alpha value is -3.74. The molecule has 4 aromatic carbocycles. The van der Waals surface area contributed by atoms with Gasteiger partial charge in [-0.2, -0.15) is 0 Å². The Kier molecular flexibility index (Phi) is 15.3. The fourth-order valence-electron chi connectivity index (χ4n) is 5.40. The number of benzene rings is 4. The van der Waals surface area contributed by atoms with Crippen LogP contribution in [0.3, 0.4) is 0 Å². The van der Waals surface area contributed by atoms with E-state index in [9.17, 15) is 9.36 Å². The second-order valence-corrected chi connectivity index (χ2v) is 13.6. The van der Waals surface area contributed by atoms with Crippen LogP contribution in [-0.2, 0) is 73.0 Å². The summed E-state index contributed by atoms with van der Waals surface area (Å²) in [5.74, 6) is -0.547. The Morgan fingerprint density at radius 1 is 0.627 bits per heavy atom. The minimum atomic E-state index is -4.21. The van der Waals surface area contributed by atoms with Crippen molar-refractivity contribution in [2.75, 3.05) is 19.8 Å². The molecule has 1 saturated heterocycles. The first-order valence-electron chi connectivity index (χ1n) is 17.0. The second-order valence-electron chi connectivity index (χ2n) is 11.9. The van der Waals surface area contributed by atoms with Crippen molar-refractivity contribution in [1.82, 2.24) is 0 Å². The van der Waals surface area contributed by atoms with Crippen molar-refractivity contribution in [3.05, 3.63) is 144 Å². The Morgan fingerprint density at radius 2 is 1.08 bits per heavy atom. The molecule has 0 spiro atoms. The van der Waals surface area contributed by atoms with Crippen LogP contribution in [0.15, 0.2) is 121 Å². The van der Waals surface area contributed by atoms with Crippen molar-refractivity contribution in [3.63, 3.8) is 0 Å². The summed E-state index contributed by atoms with van der Waals surface area (Å²) in [5, 5.41) is 0. The molecule has 0 aliphatic carbocycles. The molecule has 1 aliphatic rings. The Morgan fingerprint density at radius 3 is 1.53 bits per heavy atom. The van der Waals surface area contributed by atoms with Crippen molar-refractivity contribution < 1.29 is 46.6 Å². The van der Waals surface area contributed by atoms with Crippen LogP contribution in [0.2, 0.25) is 0 Å². The molecule has 11 nitrogen and oxygen atoms in total. The van der Waals surface area contributed by atoms with Crippen molar-refractivity contribution >= 4 is 13.8 Å². The molecule has 4 aromatic rings. The second kappa shape index (κ2) is 20.3. The molecule has 5 atom stereocenters. The molecule has 0 bridgehead atoms. The van der Waals surface area contributed by atoms with Gasteiger partial charge in [-0.1, -0.05) is 121 Å². The van der Waals surface area contributed by atoms with Gasteiger partial charge >= 0.3 is 13.8 Å². The van der Waals surface area contributed by atoms with Crippen molar-refractivity contribution in [3.8, 4) is 0 Å². The van der Waals surface area contributed by atoms with Crippen LogP contribution in [0.5, 0.6) is 0 Å². The third-order valence-electron chi connectivity index (χ3n) is 7.96. The zero-order valence-corrected chi connectivity index (χ0v) is 29.6. The van der Waals surface area contributed by atoms with E-state index in [1.54, 1.807) is 0 Å². The molecule has 51 heavy (non-hydrogen) atoms. The number of hydrogen-bond donors (Lipinski definition) is 1. The van der Waals surface area contributed by atoms with Gasteiger partial charge < -0.3 is 29.4 Å². The normalized spacial score (nSPS) is 20.5. The van der Waals surface area contributed by atoms with Crippen LogP contribution >= 0.6 is 7.82 Å². The molecule has 2 N–H and O–H groups in total. The van der Waals surface area contributed by atoms with Crippen LogP contribution in [0.1, 0.15) is 35.6 Å². The SMILES string of the molecule is CC(=O)O[C@@H]1[C@@H](OCCCN)O[C@H](COP(=O)(OCc2ccccc2)OCc2ccccc2)[C@@H](OCc2ccccc2)[C@@H]1OCc1ccccc1. The van der Waals surface area contributed by atoms with Gasteiger partial charge in [-0.25, -0.2) is 4.57 Å². The van der Waals surface area contributed by atoms with Gasteiger partial charge in [0, 0.05) is 6.92 Å². The predicted molar refractivity (Wildman–Crippen MR) is 190 cm³/mol. The summed E-state index contributed by atoms with van der Waals surface area (Å²) in [6, 6.07) is 37.8. The monoisotopic (exact) mass is 719 g/mol. The number of carbonyl (C=O) groups excluding carboxylic acids is 1. The minimum absolute atomic E-state index is 0.0193. The molecule has 0 saturated carbocycles. The maximum absolute atomic E-state index is 14.3. The van der Waals surface area contributed by atoms with E-state index in [0.717, 1.165) is 22.3 Å². The maximum atomic E-state index is 14.3. The summed E-state index contributed by atoms with van der Waals surface area (Å²) in [4.78, 5) is 12.5. The summed E-state index contributed by atoms with van der Waals surface area (Å²) >= 11 is 0. The van der Waals surface area contributed by atoms with Gasteiger partial charge in [-0.05, 0) is 35.2 Å². The summed E-state index contributed by atoms with van der Waals surface area (Å²) in [6.45, 7) is 1.94. The number of phosphoric ester groups is 1. The average Bonchev–Trinajstić information content (AvgIpc) is 3.16. The van der Waals surface area contributed by atoms with Gasteiger partial charge in [0.25, 0.3) is 0 Å². The van der Waals surface area contributed by atoms with Crippen molar-refractivity contribution in [1.29, 1.82) is 0 Å². The van der Waals surface area contributed by atoms with Gasteiger partial charge in [0.2, 0.25) is 0 Å². The predicted octanol–water partition coefficient (Wildman–Crippen LogP) is 6.74. The van der Waals surface area contributed by atoms with Gasteiger partial charge in [-0.15, -0.1) is 0 Å². The summed E-state index contributed by atoms with van der Waals surface area (Å²) in [5.41, 5.74) is 9.12. The van der Waals surface area contributed by atoms with Crippen molar-refractivity contribution in [2.45, 2.75) is 70.5 Å². The van der Waals surface area contributed by atoms with Crippen LogP contribution in [0.25, 0.3) is 0 Å². The third kappa shape index (κ3) is 12.5. The molecule has 0 unspecified atom stereocenters. The average molecular weight is 720 g/mol. The van der Waals surface area contributed by atoms with E-state index in [1.165, 1.54) is 6.92 Å². The van der Waals surface area contributed by atoms with Gasteiger partial charge in [0.05, 0.1) is 39.6 Å². The van der Waals surface area contributed by atoms with Gasteiger partial charge in [-0.3, -0.25) is 18.4 Å². The molecule has 5 rings (SSSR count). The van der Waals surface area contributed by atoms with E-state index in [2.05, 4.69) is 0 Å². The van der Waals surface area contributed by atoms with Crippen molar-refractivity contribution in [2.24, 2.45) is 5.73 Å². The van der Waals surface area contributed by atoms with Gasteiger partial charge in [0.1, 0.15) is 18.3 Å². The molecule has 1 heterocycles. The molecule has 12 heteroatoms. The van der Waals surface area contributed by atoms with E-state index in [-0.39, 0.29) is 39.6 Å². The third-order valence-corrected chi connectivity index (χ3v) is 9.31. The molecule has 1 aliphatic heterocycles. The lowest BCUT2D eigenvalue weighted by Crippen LogP contribution is -2.62. The fraction of sp³-hybridized carbons (Fsp3) is 0.359. The first kappa shape index (κ1) is 38.5. The highest BCUT2D eigenvalue weighted by molar-refractivity contribution is 7.48. The largest absolute Gasteiger partial charge is 0.475 e. The van der Waals surface area contributed by atoms with E-state index in [4.69, 9.17) is 43.0 Å². The number of nitrogens with two attached hydrogens (primary N) is 1. The van der Waals surface area contributed by atoms with Crippen LogP contribution < -0.4 is 5.73 Å². The number of carbonyl (C=O) groups is 1. The highest BCUT2D eigenvalue weighted by Gasteiger charge is 2.51. The number of hydrogen-bond acceptors (Lipinski definition) is 11. The molecule has 0 aromatic heterocycles. The van der Waals surface area contributed by atoms with Crippen LogP contribution in [-0.4, -0.2) is 56.4 Å². The highest BCUT2D eigenvalue weighted by Crippen LogP contribution is 2.51. The molecule has 272 valence electrons. The molecule has 0 radical (unpaired) electrons. The number of ether oxygens (including phenoxy) is 5. The molecular weight excluding hydrogens is 673 g/mol. The number of esters is 1. The van der Waals surface area contributed by atoms with Crippen LogP contribution in [0.4, 0.5) is 0 Å². The van der Waals surface area contributed by atoms with Crippen LogP contribution in [0, 0.1) is 0 Å². The lowest BCUT2D eigenvalue weighted by molar-refractivity contribution is -0.318. The smallest absolute Gasteiger partial charge is 0.454 e. The topological polar surface area (TPSA) is 134 Å². The summed E-state index contributed by atoms with van der Waals surface area (Å²) in [7, 11) is -4.21. The molecule has 0 amide bonds. The first-order valence-corrected chi connectivity index (χ1v) is 18.5. The van der Waals surface area contributed by atoms with E-state index in [0.29, 0.717) is 13.0 Å². The van der Waals surface area contributed by atoms with E-state index in [1.807, 2.05) is 121 Å². The zero-order chi connectivity index (χ0) is 35.7.